The number of carboxylic acid groups (broad SMARTS) is 1. The van der Waals surface area contributed by atoms with Gasteiger partial charge in [0, 0.05) is 11.3 Å². The number of rotatable bonds is 11. The van der Waals surface area contributed by atoms with Crippen LogP contribution in [0.4, 0.5) is 5.69 Å². The second-order valence-electron chi connectivity index (χ2n) is 8.35. The number of ether oxygens (including phenoxy) is 2. The lowest BCUT2D eigenvalue weighted by Gasteiger charge is -2.24. The smallest absolute Gasteiger partial charge is 0.335 e. The van der Waals surface area contributed by atoms with E-state index in [0.717, 1.165) is 17.5 Å². The van der Waals surface area contributed by atoms with E-state index >= 15 is 0 Å². The third-order valence-electron chi connectivity index (χ3n) is 6.03. The van der Waals surface area contributed by atoms with Crippen molar-refractivity contribution < 1.29 is 29.3 Å². The Morgan fingerprint density at radius 2 is 1.60 bits per heavy atom. The summed E-state index contributed by atoms with van der Waals surface area (Å²) < 4.78 is 10.9. The molecule has 3 rings (SSSR count). The molecular weight excluding hydrogens is 446 g/mol. The molecule has 0 aliphatic heterocycles. The van der Waals surface area contributed by atoms with Crippen LogP contribution in [0.15, 0.2) is 66.7 Å². The number of aromatic carboxylic acids is 1. The van der Waals surface area contributed by atoms with Gasteiger partial charge in [0.15, 0.2) is 0 Å². The van der Waals surface area contributed by atoms with E-state index in [9.17, 15) is 19.8 Å². The van der Waals surface area contributed by atoms with Crippen LogP contribution in [0.25, 0.3) is 0 Å². The van der Waals surface area contributed by atoms with Crippen LogP contribution < -0.4 is 14.8 Å². The van der Waals surface area contributed by atoms with Crippen molar-refractivity contribution in [2.45, 2.75) is 32.3 Å². The molecule has 7 nitrogen and oxygen atoms in total. The third-order valence-corrected chi connectivity index (χ3v) is 6.03. The fourth-order valence-electron chi connectivity index (χ4n) is 4.08. The monoisotopic (exact) mass is 477 g/mol. The van der Waals surface area contributed by atoms with E-state index in [1.165, 1.54) is 26.4 Å². The van der Waals surface area contributed by atoms with Gasteiger partial charge in [-0.25, -0.2) is 4.79 Å². The van der Waals surface area contributed by atoms with Gasteiger partial charge in [-0.2, -0.15) is 0 Å². The molecule has 0 heterocycles. The van der Waals surface area contributed by atoms with Gasteiger partial charge in [0.2, 0.25) is 5.91 Å². The lowest BCUT2D eigenvalue weighted by molar-refractivity contribution is -0.123. The van der Waals surface area contributed by atoms with Gasteiger partial charge in [0.25, 0.3) is 0 Å². The zero-order valence-electron chi connectivity index (χ0n) is 20.2. The van der Waals surface area contributed by atoms with Crippen LogP contribution in [0.5, 0.6) is 11.5 Å². The number of aryl methyl sites for hydroxylation is 1. The Bertz CT molecular complexity index is 1140. The van der Waals surface area contributed by atoms with Crippen LogP contribution >= 0.6 is 0 Å². The number of benzene rings is 3. The minimum absolute atomic E-state index is 0.0667. The summed E-state index contributed by atoms with van der Waals surface area (Å²) in [7, 11) is 3.08. The van der Waals surface area contributed by atoms with Gasteiger partial charge >= 0.3 is 5.97 Å². The molecule has 7 heteroatoms. The highest BCUT2D eigenvalue weighted by Gasteiger charge is 2.29. The molecule has 0 aliphatic rings. The summed E-state index contributed by atoms with van der Waals surface area (Å²) in [6, 6.07) is 19.4. The summed E-state index contributed by atoms with van der Waals surface area (Å²) in [6.07, 6.45) is 0.719. The topological polar surface area (TPSA) is 105 Å². The molecule has 0 spiro atoms. The summed E-state index contributed by atoms with van der Waals surface area (Å²) in [4.78, 5) is 24.7. The van der Waals surface area contributed by atoms with Crippen molar-refractivity contribution in [1.29, 1.82) is 0 Å². The number of nitrogens with one attached hydrogen (secondary N) is 1. The number of amides is 1. The molecule has 0 saturated carbocycles. The molecule has 0 bridgehead atoms. The van der Waals surface area contributed by atoms with E-state index < -0.39 is 23.9 Å². The lowest BCUT2D eigenvalue weighted by Crippen LogP contribution is -2.28. The number of aliphatic hydroxyl groups is 1. The molecule has 1 unspecified atom stereocenters. The quantitative estimate of drug-likeness (QED) is 0.358. The minimum atomic E-state index is -1.13. The van der Waals surface area contributed by atoms with Crippen molar-refractivity contribution in [3.63, 3.8) is 0 Å². The van der Waals surface area contributed by atoms with Gasteiger partial charge in [-0.3, -0.25) is 4.79 Å². The summed E-state index contributed by atoms with van der Waals surface area (Å²) in [5.41, 5.74) is 2.87. The van der Waals surface area contributed by atoms with E-state index in [-0.39, 0.29) is 5.56 Å². The summed E-state index contributed by atoms with van der Waals surface area (Å²) in [5.74, 6) is -1.16. The zero-order chi connectivity index (χ0) is 25.4. The zero-order valence-corrected chi connectivity index (χ0v) is 20.2. The van der Waals surface area contributed by atoms with Crippen molar-refractivity contribution in [3.8, 4) is 11.5 Å². The molecule has 1 amide bonds. The Labute approximate surface area is 205 Å². The Hall–Kier alpha value is -3.84. The molecule has 0 aliphatic carbocycles. The van der Waals surface area contributed by atoms with E-state index in [1.54, 1.807) is 24.3 Å². The molecule has 0 aromatic heterocycles. The summed E-state index contributed by atoms with van der Waals surface area (Å²) >= 11 is 0. The Balaban J connectivity index is 1.87. The molecule has 0 radical (unpaired) electrons. The van der Waals surface area contributed by atoms with Crippen LogP contribution in [0.2, 0.25) is 0 Å². The maximum atomic E-state index is 13.3. The fraction of sp³-hybridized carbons (Fsp3) is 0.286. The highest BCUT2D eigenvalue weighted by Crippen LogP contribution is 2.36. The van der Waals surface area contributed by atoms with Gasteiger partial charge in [-0.15, -0.1) is 0 Å². The summed E-state index contributed by atoms with van der Waals surface area (Å²) in [6.45, 7) is 1.85. The third kappa shape index (κ3) is 6.61. The van der Waals surface area contributed by atoms with Crippen LogP contribution in [-0.4, -0.2) is 36.3 Å². The first-order valence-corrected chi connectivity index (χ1v) is 11.4. The van der Waals surface area contributed by atoms with Gasteiger partial charge in [-0.05, 0) is 67.6 Å². The van der Waals surface area contributed by atoms with Gasteiger partial charge in [0.05, 0.1) is 31.8 Å². The van der Waals surface area contributed by atoms with Gasteiger partial charge in [0.1, 0.15) is 11.5 Å². The number of carbonyl (C=O) groups excluding carboxylic acids is 1. The van der Waals surface area contributed by atoms with Gasteiger partial charge in [-0.1, -0.05) is 36.4 Å². The number of carboxylic acids is 1. The SMILES string of the molecule is COc1cc(C(O)[C@@H](CCCc2ccccc2)C(=O)Nc2cccc(C(=O)O)c2)cc(OC)c1C. The van der Waals surface area contributed by atoms with E-state index in [2.05, 4.69) is 5.32 Å². The largest absolute Gasteiger partial charge is 0.496 e. The molecule has 3 aromatic carbocycles. The normalized spacial score (nSPS) is 12.5. The predicted molar refractivity (Wildman–Crippen MR) is 134 cm³/mol. The van der Waals surface area contributed by atoms with Crippen LogP contribution in [0.1, 0.15) is 46.0 Å². The molecular formula is C28H31NO6. The van der Waals surface area contributed by atoms with E-state index in [1.807, 2.05) is 37.3 Å². The molecule has 2 atom stereocenters. The van der Waals surface area contributed by atoms with Gasteiger partial charge < -0.3 is 25.0 Å². The first-order valence-electron chi connectivity index (χ1n) is 11.4. The Kier molecular flexibility index (Phi) is 8.86. The molecule has 0 fully saturated rings. The second kappa shape index (κ2) is 12.0. The minimum Gasteiger partial charge on any atom is -0.496 e. The van der Waals surface area contributed by atoms with E-state index in [0.29, 0.717) is 35.6 Å². The molecule has 3 N–H and O–H groups in total. The maximum absolute atomic E-state index is 13.3. The Morgan fingerprint density at radius 3 is 2.20 bits per heavy atom. The average Bonchev–Trinajstić information content (AvgIpc) is 2.87. The first kappa shape index (κ1) is 25.8. The number of hydrogen-bond acceptors (Lipinski definition) is 5. The highest BCUT2D eigenvalue weighted by atomic mass is 16.5. The number of anilines is 1. The van der Waals surface area contributed by atoms with Crippen molar-refractivity contribution in [1.82, 2.24) is 0 Å². The standard InChI is InChI=1S/C28H31NO6/c1-18-24(34-2)16-21(17-25(18)35-3)26(30)23(14-7-11-19-9-5-4-6-10-19)27(31)29-22-13-8-12-20(15-22)28(32)33/h4-6,8-10,12-13,15-17,23,26,30H,7,11,14H2,1-3H3,(H,29,31)(H,32,33)/t23-,26?/m1/s1. The molecule has 184 valence electrons. The van der Waals surface area contributed by atoms with Crippen molar-refractivity contribution in [3.05, 3.63) is 89.0 Å². The fourth-order valence-corrected chi connectivity index (χ4v) is 4.08. The first-order chi connectivity index (χ1) is 16.8. The predicted octanol–water partition coefficient (Wildman–Crippen LogP) is 5.02. The highest BCUT2D eigenvalue weighted by molar-refractivity contribution is 5.95. The molecule has 0 saturated heterocycles. The lowest BCUT2D eigenvalue weighted by atomic mass is 9.88. The van der Waals surface area contributed by atoms with Crippen LogP contribution in [0.3, 0.4) is 0 Å². The maximum Gasteiger partial charge on any atom is 0.335 e. The van der Waals surface area contributed by atoms with Crippen molar-refractivity contribution in [2.75, 3.05) is 19.5 Å². The summed E-state index contributed by atoms with van der Waals surface area (Å²) in [5, 5.41) is 23.4. The number of aliphatic hydroxyl groups excluding tert-OH is 1. The number of carbonyl (C=O) groups is 2. The molecule has 35 heavy (non-hydrogen) atoms. The number of methoxy groups -OCH3 is 2. The van der Waals surface area contributed by atoms with Crippen LogP contribution in [-0.2, 0) is 11.2 Å². The van der Waals surface area contributed by atoms with Crippen LogP contribution in [0, 0.1) is 12.8 Å². The average molecular weight is 478 g/mol. The van der Waals surface area contributed by atoms with E-state index in [4.69, 9.17) is 9.47 Å². The molecule has 3 aromatic rings. The Morgan fingerprint density at radius 1 is 0.943 bits per heavy atom. The number of hydrogen-bond donors (Lipinski definition) is 3. The van der Waals surface area contributed by atoms with Crippen molar-refractivity contribution >= 4 is 17.6 Å². The second-order valence-corrected chi connectivity index (χ2v) is 8.35. The van der Waals surface area contributed by atoms with Crippen molar-refractivity contribution in [2.24, 2.45) is 5.92 Å².